The average molecular weight is 295 g/mol. The molecule has 20 heavy (non-hydrogen) atoms. The quantitative estimate of drug-likeness (QED) is 0.943. The highest BCUT2D eigenvalue weighted by molar-refractivity contribution is 6.31. The molecule has 2 aromatic rings. The van der Waals surface area contributed by atoms with Gasteiger partial charge in [0.15, 0.2) is 0 Å². The number of hydrogen-bond acceptors (Lipinski definition) is 3. The molecule has 106 valence electrons. The van der Waals surface area contributed by atoms with E-state index in [0.717, 1.165) is 31.9 Å². The Balaban J connectivity index is 2.05. The minimum Gasteiger partial charge on any atom is -0.467 e. The number of halogens is 2. The number of benzene rings is 1. The van der Waals surface area contributed by atoms with Gasteiger partial charge in [-0.25, -0.2) is 4.39 Å². The normalized spacial score (nSPS) is 18.1. The second-order valence-electron chi connectivity index (χ2n) is 4.84. The van der Waals surface area contributed by atoms with Gasteiger partial charge in [-0.05, 0) is 24.3 Å². The summed E-state index contributed by atoms with van der Waals surface area (Å²) in [6.07, 6.45) is 1.61. The molecule has 5 heteroatoms. The molecule has 2 heterocycles. The summed E-state index contributed by atoms with van der Waals surface area (Å²) in [6.45, 7) is 3.42. The third-order valence-electron chi connectivity index (χ3n) is 3.60. The van der Waals surface area contributed by atoms with Crippen molar-refractivity contribution in [1.82, 2.24) is 10.2 Å². The van der Waals surface area contributed by atoms with Gasteiger partial charge < -0.3 is 9.73 Å². The summed E-state index contributed by atoms with van der Waals surface area (Å²) in [4.78, 5) is 2.19. The Morgan fingerprint density at radius 1 is 1.20 bits per heavy atom. The SMILES string of the molecule is Fc1cccc(Cl)c1[C@@H](c1ccco1)N1CCNCC1. The van der Waals surface area contributed by atoms with E-state index in [1.165, 1.54) is 6.07 Å². The second-order valence-corrected chi connectivity index (χ2v) is 5.25. The van der Waals surface area contributed by atoms with E-state index in [4.69, 9.17) is 16.0 Å². The summed E-state index contributed by atoms with van der Waals surface area (Å²) in [7, 11) is 0. The molecule has 1 aromatic heterocycles. The van der Waals surface area contributed by atoms with Gasteiger partial charge in [-0.2, -0.15) is 0 Å². The smallest absolute Gasteiger partial charge is 0.129 e. The Morgan fingerprint density at radius 2 is 2.00 bits per heavy atom. The molecule has 1 atom stereocenters. The fraction of sp³-hybridized carbons (Fsp3) is 0.333. The van der Waals surface area contributed by atoms with E-state index in [9.17, 15) is 4.39 Å². The molecule has 0 unspecified atom stereocenters. The number of hydrogen-bond donors (Lipinski definition) is 1. The predicted octanol–water partition coefficient (Wildman–Crippen LogP) is 3.07. The van der Waals surface area contributed by atoms with E-state index >= 15 is 0 Å². The molecule has 1 aliphatic heterocycles. The third-order valence-corrected chi connectivity index (χ3v) is 3.93. The van der Waals surface area contributed by atoms with Crippen molar-refractivity contribution in [2.45, 2.75) is 6.04 Å². The van der Waals surface area contributed by atoms with Crippen LogP contribution >= 0.6 is 11.6 Å². The molecule has 1 N–H and O–H groups in total. The molecule has 1 saturated heterocycles. The van der Waals surface area contributed by atoms with Crippen LogP contribution in [-0.2, 0) is 0 Å². The van der Waals surface area contributed by atoms with Crippen LogP contribution in [0.5, 0.6) is 0 Å². The van der Waals surface area contributed by atoms with Crippen LogP contribution in [0.1, 0.15) is 17.4 Å². The largest absolute Gasteiger partial charge is 0.467 e. The lowest BCUT2D eigenvalue weighted by Gasteiger charge is -2.34. The van der Waals surface area contributed by atoms with Crippen molar-refractivity contribution in [3.63, 3.8) is 0 Å². The molecule has 0 aliphatic carbocycles. The molecule has 3 rings (SSSR count). The van der Waals surface area contributed by atoms with Gasteiger partial charge in [0.25, 0.3) is 0 Å². The van der Waals surface area contributed by atoms with Crippen LogP contribution in [0.3, 0.4) is 0 Å². The summed E-state index contributed by atoms with van der Waals surface area (Å²) in [5.41, 5.74) is 0.492. The fourth-order valence-corrected chi connectivity index (χ4v) is 2.93. The number of rotatable bonds is 3. The van der Waals surface area contributed by atoms with E-state index in [2.05, 4.69) is 10.2 Å². The van der Waals surface area contributed by atoms with Gasteiger partial charge in [-0.3, -0.25) is 4.90 Å². The number of nitrogens with one attached hydrogen (secondary N) is 1. The van der Waals surface area contributed by atoms with Gasteiger partial charge in [0.2, 0.25) is 0 Å². The zero-order chi connectivity index (χ0) is 13.9. The van der Waals surface area contributed by atoms with Crippen molar-refractivity contribution in [3.8, 4) is 0 Å². The topological polar surface area (TPSA) is 28.4 Å². The molecular formula is C15H16ClFN2O. The van der Waals surface area contributed by atoms with Crippen molar-refractivity contribution in [2.75, 3.05) is 26.2 Å². The summed E-state index contributed by atoms with van der Waals surface area (Å²) in [5.74, 6) is 0.427. The van der Waals surface area contributed by atoms with E-state index in [1.807, 2.05) is 12.1 Å². The Hall–Kier alpha value is -1.36. The Morgan fingerprint density at radius 3 is 2.65 bits per heavy atom. The van der Waals surface area contributed by atoms with Gasteiger partial charge in [0, 0.05) is 36.8 Å². The maximum Gasteiger partial charge on any atom is 0.129 e. The van der Waals surface area contributed by atoms with Crippen LogP contribution in [0.4, 0.5) is 4.39 Å². The van der Waals surface area contributed by atoms with E-state index in [1.54, 1.807) is 18.4 Å². The van der Waals surface area contributed by atoms with Crippen molar-refractivity contribution in [1.29, 1.82) is 0 Å². The fourth-order valence-electron chi connectivity index (χ4n) is 2.66. The van der Waals surface area contributed by atoms with E-state index < -0.39 is 0 Å². The van der Waals surface area contributed by atoms with Crippen LogP contribution in [0, 0.1) is 5.82 Å². The molecular weight excluding hydrogens is 279 g/mol. The highest BCUT2D eigenvalue weighted by Crippen LogP contribution is 2.35. The summed E-state index contributed by atoms with van der Waals surface area (Å²) >= 11 is 6.24. The van der Waals surface area contributed by atoms with Crippen LogP contribution < -0.4 is 5.32 Å². The minimum atomic E-state index is -0.294. The van der Waals surface area contributed by atoms with Crippen molar-refractivity contribution in [3.05, 3.63) is 58.8 Å². The average Bonchev–Trinajstić information content (AvgIpc) is 2.98. The molecule has 0 saturated carbocycles. The molecule has 1 aliphatic rings. The van der Waals surface area contributed by atoms with Crippen molar-refractivity contribution < 1.29 is 8.81 Å². The summed E-state index contributed by atoms with van der Waals surface area (Å²) in [5, 5.41) is 3.73. The highest BCUT2D eigenvalue weighted by atomic mass is 35.5. The molecule has 1 aromatic carbocycles. The molecule has 1 fully saturated rings. The standard InChI is InChI=1S/C15H16ClFN2O/c16-11-3-1-4-12(17)14(11)15(13-5-2-10-20-13)19-8-6-18-7-9-19/h1-5,10,15,18H,6-9H2/t15-/m1/s1. The Kier molecular flexibility index (Phi) is 4.05. The maximum absolute atomic E-state index is 14.3. The molecule has 0 amide bonds. The van der Waals surface area contributed by atoms with Gasteiger partial charge in [0.05, 0.1) is 12.3 Å². The molecule has 3 nitrogen and oxygen atoms in total. The summed E-state index contributed by atoms with van der Waals surface area (Å²) in [6, 6.07) is 8.20. The lowest BCUT2D eigenvalue weighted by Crippen LogP contribution is -2.45. The van der Waals surface area contributed by atoms with Gasteiger partial charge in [-0.15, -0.1) is 0 Å². The van der Waals surface area contributed by atoms with Crippen LogP contribution in [-0.4, -0.2) is 31.1 Å². The predicted molar refractivity (Wildman–Crippen MR) is 76.4 cm³/mol. The maximum atomic E-state index is 14.3. The van der Waals surface area contributed by atoms with Crippen molar-refractivity contribution >= 4 is 11.6 Å². The first-order valence-electron chi connectivity index (χ1n) is 6.69. The van der Waals surface area contributed by atoms with Gasteiger partial charge >= 0.3 is 0 Å². The first-order chi connectivity index (χ1) is 9.77. The number of furan rings is 1. The molecule has 0 spiro atoms. The summed E-state index contributed by atoms with van der Waals surface area (Å²) < 4.78 is 19.8. The monoisotopic (exact) mass is 294 g/mol. The van der Waals surface area contributed by atoms with Crippen LogP contribution in [0.15, 0.2) is 41.0 Å². The molecule has 0 bridgehead atoms. The Labute approximate surface area is 122 Å². The van der Waals surface area contributed by atoms with E-state index in [0.29, 0.717) is 10.6 Å². The highest BCUT2D eigenvalue weighted by Gasteiger charge is 2.30. The zero-order valence-corrected chi connectivity index (χ0v) is 11.7. The second kappa shape index (κ2) is 5.95. The molecule has 0 radical (unpaired) electrons. The third kappa shape index (κ3) is 2.59. The first kappa shape index (κ1) is 13.6. The number of piperazine rings is 1. The lowest BCUT2D eigenvalue weighted by atomic mass is 10.0. The lowest BCUT2D eigenvalue weighted by molar-refractivity contribution is 0.177. The van der Waals surface area contributed by atoms with Crippen LogP contribution in [0.2, 0.25) is 5.02 Å². The number of nitrogens with zero attached hydrogens (tertiary/aromatic N) is 1. The first-order valence-corrected chi connectivity index (χ1v) is 7.07. The van der Waals surface area contributed by atoms with Gasteiger partial charge in [0.1, 0.15) is 11.6 Å². The van der Waals surface area contributed by atoms with Crippen LogP contribution in [0.25, 0.3) is 0 Å². The zero-order valence-electron chi connectivity index (χ0n) is 11.0. The van der Waals surface area contributed by atoms with Gasteiger partial charge in [-0.1, -0.05) is 17.7 Å². The minimum absolute atomic E-state index is 0.277. The Bertz CT molecular complexity index is 547. The van der Waals surface area contributed by atoms with Crippen molar-refractivity contribution in [2.24, 2.45) is 0 Å². The van der Waals surface area contributed by atoms with E-state index in [-0.39, 0.29) is 11.9 Å².